The molecule has 0 bridgehead atoms. The van der Waals surface area contributed by atoms with E-state index in [0.29, 0.717) is 23.2 Å². The van der Waals surface area contributed by atoms with E-state index in [4.69, 9.17) is 21.4 Å². The van der Waals surface area contributed by atoms with Crippen molar-refractivity contribution in [2.75, 3.05) is 16.8 Å². The number of nitrogens with one attached hydrogen (secondary N) is 1. The first-order chi connectivity index (χ1) is 17.6. The molecule has 3 aromatic rings. The van der Waals surface area contributed by atoms with Crippen LogP contribution in [0.15, 0.2) is 77.4 Å². The minimum atomic E-state index is -0.749. The van der Waals surface area contributed by atoms with Gasteiger partial charge in [0.2, 0.25) is 5.91 Å². The Labute approximate surface area is 217 Å². The summed E-state index contributed by atoms with van der Waals surface area (Å²) in [6.45, 7) is 3.08. The fraction of sp³-hybridized carbons (Fsp3) is 0.321. The molecule has 0 spiro atoms. The lowest BCUT2D eigenvalue weighted by molar-refractivity contribution is -0.122. The maximum Gasteiger partial charge on any atom is 0.257 e. The Kier molecular flexibility index (Phi) is 8.73. The number of nitrogens with zero attached hydrogens (tertiary/aromatic N) is 2. The predicted molar refractivity (Wildman–Crippen MR) is 144 cm³/mol. The molecule has 1 fully saturated rings. The van der Waals surface area contributed by atoms with E-state index in [9.17, 15) is 9.59 Å². The third-order valence-electron chi connectivity index (χ3n) is 6.05. The third kappa shape index (κ3) is 6.31. The molecule has 0 unspecified atom stereocenters. The first-order valence-corrected chi connectivity index (χ1v) is 12.7. The number of anilines is 2. The number of rotatable bonds is 11. The average molecular weight is 506 g/mol. The van der Waals surface area contributed by atoms with Crippen LogP contribution < -0.4 is 15.0 Å². The van der Waals surface area contributed by atoms with Crippen LogP contribution in [0.1, 0.15) is 44.8 Å². The van der Waals surface area contributed by atoms with Crippen molar-refractivity contribution in [2.45, 2.75) is 51.6 Å². The Morgan fingerprint density at radius 3 is 2.53 bits per heavy atom. The maximum atomic E-state index is 13.5. The molecule has 0 saturated carbocycles. The summed E-state index contributed by atoms with van der Waals surface area (Å²) in [7, 11) is 0. The average Bonchev–Trinajstić information content (AvgIpc) is 3.50. The highest BCUT2D eigenvalue weighted by atomic mass is 32.1. The number of benzene rings is 2. The Bertz CT molecular complexity index is 1150. The molecular weight excluding hydrogens is 474 g/mol. The number of para-hydroxylation sites is 1. The fourth-order valence-electron chi connectivity index (χ4n) is 4.15. The summed E-state index contributed by atoms with van der Waals surface area (Å²) >= 11 is 5.67. The van der Waals surface area contributed by atoms with Gasteiger partial charge in [0.05, 0.1) is 31.5 Å². The molecule has 36 heavy (non-hydrogen) atoms. The van der Waals surface area contributed by atoms with Crippen LogP contribution in [0.5, 0.6) is 5.75 Å². The topological polar surface area (TPSA) is 75.0 Å². The quantitative estimate of drug-likeness (QED) is 0.201. The summed E-state index contributed by atoms with van der Waals surface area (Å²) in [4.78, 5) is 29.5. The number of carbonyl (C=O) groups excluding carboxylic acids is 2. The first-order valence-electron chi connectivity index (χ1n) is 12.3. The van der Waals surface area contributed by atoms with Crippen LogP contribution >= 0.6 is 12.2 Å². The number of amides is 2. The second kappa shape index (κ2) is 12.4. The van der Waals surface area contributed by atoms with E-state index in [0.717, 1.165) is 24.3 Å². The highest BCUT2D eigenvalue weighted by Gasteiger charge is 2.44. The number of carbonyl (C=O) groups is 2. The van der Waals surface area contributed by atoms with Gasteiger partial charge in [0.25, 0.3) is 5.91 Å². The largest absolute Gasteiger partial charge is 0.494 e. The van der Waals surface area contributed by atoms with E-state index in [2.05, 4.69) is 12.2 Å². The molecule has 1 atom stereocenters. The number of unbranched alkanes of at least 4 members (excludes halogenated alkanes) is 3. The van der Waals surface area contributed by atoms with Gasteiger partial charge in [-0.15, -0.1) is 0 Å². The van der Waals surface area contributed by atoms with E-state index >= 15 is 0 Å². The van der Waals surface area contributed by atoms with Gasteiger partial charge in [-0.05, 0) is 67.2 Å². The van der Waals surface area contributed by atoms with E-state index in [1.165, 1.54) is 17.7 Å². The van der Waals surface area contributed by atoms with Crippen LogP contribution in [0.4, 0.5) is 11.4 Å². The van der Waals surface area contributed by atoms with Crippen molar-refractivity contribution in [2.24, 2.45) is 0 Å². The van der Waals surface area contributed by atoms with E-state index < -0.39 is 6.04 Å². The molecule has 1 saturated heterocycles. The normalized spacial score (nSPS) is 15.2. The van der Waals surface area contributed by atoms with E-state index in [1.54, 1.807) is 41.5 Å². The van der Waals surface area contributed by atoms with Gasteiger partial charge in [0.1, 0.15) is 17.6 Å². The van der Waals surface area contributed by atoms with Crippen LogP contribution in [0.2, 0.25) is 0 Å². The Morgan fingerprint density at radius 2 is 1.83 bits per heavy atom. The molecule has 0 aliphatic carbocycles. The van der Waals surface area contributed by atoms with Gasteiger partial charge in [-0.25, -0.2) is 4.90 Å². The molecule has 188 valence electrons. The van der Waals surface area contributed by atoms with Crippen LogP contribution in [-0.2, 0) is 16.1 Å². The summed E-state index contributed by atoms with van der Waals surface area (Å²) in [5, 5.41) is 3.52. The molecule has 1 aromatic heterocycles. The summed E-state index contributed by atoms with van der Waals surface area (Å²) in [6, 6.07) is 19.4. The van der Waals surface area contributed by atoms with Crippen molar-refractivity contribution < 1.29 is 18.7 Å². The van der Waals surface area contributed by atoms with E-state index in [1.807, 2.05) is 36.4 Å². The minimum Gasteiger partial charge on any atom is -0.494 e. The molecule has 1 aliphatic rings. The van der Waals surface area contributed by atoms with Crippen LogP contribution in [0.3, 0.4) is 0 Å². The molecule has 2 amide bonds. The Balaban J connectivity index is 1.47. The zero-order chi connectivity index (χ0) is 25.3. The second-order valence-electron chi connectivity index (χ2n) is 8.69. The van der Waals surface area contributed by atoms with Gasteiger partial charge in [-0.3, -0.25) is 9.59 Å². The molecular formula is C28H31N3O4S. The maximum absolute atomic E-state index is 13.5. The third-order valence-corrected chi connectivity index (χ3v) is 6.39. The van der Waals surface area contributed by atoms with Crippen LogP contribution in [0, 0.1) is 0 Å². The number of ether oxygens (including phenoxy) is 1. The van der Waals surface area contributed by atoms with Crippen LogP contribution in [0.25, 0.3) is 0 Å². The summed E-state index contributed by atoms with van der Waals surface area (Å²) < 4.78 is 11.3. The van der Waals surface area contributed by atoms with Gasteiger partial charge >= 0.3 is 0 Å². The number of hydrogen-bond donors (Lipinski definition) is 1. The molecule has 2 heterocycles. The summed E-state index contributed by atoms with van der Waals surface area (Å²) in [5.74, 6) is 0.770. The number of imide groups is 1. The van der Waals surface area contributed by atoms with Gasteiger partial charge < -0.3 is 19.4 Å². The fourth-order valence-corrected chi connectivity index (χ4v) is 4.46. The van der Waals surface area contributed by atoms with Crippen molar-refractivity contribution in [3.05, 3.63) is 78.8 Å². The minimum absolute atomic E-state index is 0.0197. The van der Waals surface area contributed by atoms with Gasteiger partial charge in [0.15, 0.2) is 5.11 Å². The van der Waals surface area contributed by atoms with Crippen molar-refractivity contribution in [1.29, 1.82) is 0 Å². The Morgan fingerprint density at radius 1 is 1.06 bits per heavy atom. The lowest BCUT2D eigenvalue weighted by Gasteiger charge is -2.29. The van der Waals surface area contributed by atoms with Crippen molar-refractivity contribution in [3.63, 3.8) is 0 Å². The zero-order valence-electron chi connectivity index (χ0n) is 20.4. The van der Waals surface area contributed by atoms with Crippen molar-refractivity contribution >= 4 is 40.5 Å². The number of furan rings is 1. The molecule has 0 radical (unpaired) electrons. The molecule has 8 heteroatoms. The summed E-state index contributed by atoms with van der Waals surface area (Å²) in [5.41, 5.74) is 1.32. The van der Waals surface area contributed by atoms with Gasteiger partial charge in [-0.1, -0.05) is 44.4 Å². The Hall–Kier alpha value is -3.65. The highest BCUT2D eigenvalue weighted by molar-refractivity contribution is 7.80. The second-order valence-corrected chi connectivity index (χ2v) is 9.08. The number of hydrogen-bond acceptors (Lipinski definition) is 5. The SMILES string of the molecule is CCCCCCOc1ccc(N2C(=O)C[C@@H](N(Cc3ccco3)C(=S)Nc3ccccc3)C2=O)cc1. The van der Waals surface area contributed by atoms with Crippen LogP contribution in [-0.4, -0.2) is 34.5 Å². The highest BCUT2D eigenvalue weighted by Crippen LogP contribution is 2.29. The van der Waals surface area contributed by atoms with Gasteiger partial charge in [0, 0.05) is 5.69 Å². The molecule has 1 aliphatic heterocycles. The molecule has 4 rings (SSSR count). The zero-order valence-corrected chi connectivity index (χ0v) is 21.2. The molecule has 7 nitrogen and oxygen atoms in total. The van der Waals surface area contributed by atoms with E-state index in [-0.39, 0.29) is 24.8 Å². The number of thiocarbonyl (C=S) groups is 1. The van der Waals surface area contributed by atoms with Gasteiger partial charge in [-0.2, -0.15) is 0 Å². The lowest BCUT2D eigenvalue weighted by Crippen LogP contribution is -2.46. The lowest BCUT2D eigenvalue weighted by atomic mass is 10.2. The molecule has 2 aromatic carbocycles. The summed E-state index contributed by atoms with van der Waals surface area (Å²) in [6.07, 6.45) is 6.11. The monoisotopic (exact) mass is 505 g/mol. The molecule has 1 N–H and O–H groups in total. The predicted octanol–water partition coefficient (Wildman–Crippen LogP) is 5.77. The standard InChI is InChI=1S/C28H31N3O4S/c1-2-3-4-8-17-34-23-15-13-22(14-16-23)31-26(32)19-25(27(31)33)30(20-24-12-9-18-35-24)28(36)29-21-10-6-5-7-11-21/h5-7,9-16,18,25H,2-4,8,17,19-20H2,1H3,(H,29,36)/t25-/m1/s1. The van der Waals surface area contributed by atoms with Crippen molar-refractivity contribution in [3.8, 4) is 5.75 Å². The first kappa shape index (κ1) is 25.4. The van der Waals surface area contributed by atoms with Crippen molar-refractivity contribution in [1.82, 2.24) is 4.90 Å². The smallest absolute Gasteiger partial charge is 0.257 e.